The zero-order valence-corrected chi connectivity index (χ0v) is 23.7. The van der Waals surface area contributed by atoms with Crippen LogP contribution in [0.3, 0.4) is 0 Å². The van der Waals surface area contributed by atoms with Crippen LogP contribution in [0.25, 0.3) is 5.69 Å². The lowest BCUT2D eigenvalue weighted by atomic mass is 10.0. The molecule has 0 radical (unpaired) electrons. The number of nitrogen functional groups attached to an aromatic ring is 1. The van der Waals surface area contributed by atoms with Gasteiger partial charge in [-0.25, -0.2) is 18.4 Å². The van der Waals surface area contributed by atoms with Crippen molar-refractivity contribution < 1.29 is 18.3 Å². The first-order valence-corrected chi connectivity index (χ1v) is 14.2. The summed E-state index contributed by atoms with van der Waals surface area (Å²) in [4.78, 5) is 17.7. The van der Waals surface area contributed by atoms with Gasteiger partial charge in [-0.05, 0) is 73.0 Å². The topological polar surface area (TPSA) is 131 Å². The Hall–Kier alpha value is -5.15. The van der Waals surface area contributed by atoms with Gasteiger partial charge in [0.25, 0.3) is 0 Å². The summed E-state index contributed by atoms with van der Waals surface area (Å²) in [5.41, 5.74) is 9.80. The lowest BCUT2D eigenvalue weighted by Crippen LogP contribution is -2.27. The highest BCUT2D eigenvalue weighted by molar-refractivity contribution is 8.00. The van der Waals surface area contributed by atoms with Crippen molar-refractivity contribution >= 4 is 34.9 Å². The minimum Gasteiger partial charge on any atom is -0.455 e. The third-order valence-corrected chi connectivity index (χ3v) is 7.89. The number of hydrogen-bond donors (Lipinski definition) is 3. The summed E-state index contributed by atoms with van der Waals surface area (Å²) in [6.45, 7) is 1.84. The third kappa shape index (κ3) is 5.67. The molecule has 43 heavy (non-hydrogen) atoms. The van der Waals surface area contributed by atoms with Gasteiger partial charge in [-0.3, -0.25) is 4.79 Å². The molecule has 1 unspecified atom stereocenters. The molecule has 12 heteroatoms. The molecule has 1 atom stereocenters. The Kier molecular flexibility index (Phi) is 7.56. The summed E-state index contributed by atoms with van der Waals surface area (Å²) < 4.78 is 39.1. The Labute approximate surface area is 250 Å². The molecule has 4 aromatic rings. The molecule has 2 aromatic heterocycles. The molecule has 6 rings (SSSR count). The van der Waals surface area contributed by atoms with Crippen LogP contribution >= 0.6 is 11.9 Å². The first kappa shape index (κ1) is 28.0. The summed E-state index contributed by atoms with van der Waals surface area (Å²) in [5.74, 6) is -0.212. The molecule has 0 saturated carbocycles. The maximum Gasteiger partial charge on any atom is 0.190 e. The molecule has 1 aliphatic heterocycles. The number of ketones is 1. The molecular weight excluding hydrogens is 572 g/mol. The largest absolute Gasteiger partial charge is 0.455 e. The van der Waals surface area contributed by atoms with E-state index in [2.05, 4.69) is 20.1 Å². The standard InChI is InChI=1S/C31H25F2N7O2S/c1-17-11-20(42-28-7-3-2-6-22(28)32)9-10-27(17)40-31(35)21(16-36-40)30(41)26-13-18-12-23(33)25(14-24(18)38-26)39-43-29-8-4-5-19(15-34)37-29/h3-5,7-12,14,16,26,38-39H,2,6,13,35H2,1H3. The van der Waals surface area contributed by atoms with Gasteiger partial charge in [0.2, 0.25) is 0 Å². The van der Waals surface area contributed by atoms with E-state index >= 15 is 0 Å². The molecule has 0 amide bonds. The fraction of sp³-hybridized carbons (Fsp3) is 0.161. The van der Waals surface area contributed by atoms with Crippen LogP contribution in [0.15, 0.2) is 83.5 Å². The Bertz CT molecular complexity index is 1860. The van der Waals surface area contributed by atoms with Gasteiger partial charge in [0.15, 0.2) is 11.5 Å². The van der Waals surface area contributed by atoms with E-state index in [9.17, 15) is 13.6 Å². The van der Waals surface area contributed by atoms with Gasteiger partial charge in [-0.1, -0.05) is 12.1 Å². The molecule has 2 aromatic carbocycles. The molecule has 216 valence electrons. The number of ether oxygens (including phenoxy) is 1. The number of anilines is 3. The third-order valence-electron chi connectivity index (χ3n) is 7.13. The van der Waals surface area contributed by atoms with Crippen LogP contribution < -0.4 is 20.5 Å². The van der Waals surface area contributed by atoms with Crippen LogP contribution in [0, 0.1) is 24.1 Å². The summed E-state index contributed by atoms with van der Waals surface area (Å²) >= 11 is 1.08. The van der Waals surface area contributed by atoms with Crippen LogP contribution in [0.2, 0.25) is 0 Å². The molecule has 0 bridgehead atoms. The first-order valence-electron chi connectivity index (χ1n) is 13.4. The van der Waals surface area contributed by atoms with Gasteiger partial charge in [0, 0.05) is 30.5 Å². The van der Waals surface area contributed by atoms with Crippen molar-refractivity contribution in [3.63, 3.8) is 0 Å². The van der Waals surface area contributed by atoms with Crippen LogP contribution in [-0.2, 0) is 6.42 Å². The van der Waals surface area contributed by atoms with Crippen molar-refractivity contribution in [2.24, 2.45) is 0 Å². The second kappa shape index (κ2) is 11.6. The molecule has 1 aliphatic carbocycles. The van der Waals surface area contributed by atoms with Crippen LogP contribution in [0.1, 0.15) is 40.0 Å². The predicted molar refractivity (Wildman–Crippen MR) is 160 cm³/mol. The summed E-state index contributed by atoms with van der Waals surface area (Å²) in [7, 11) is 0. The number of nitrogens with one attached hydrogen (secondary N) is 2. The SMILES string of the molecule is Cc1cc(OC2=C(F)CCC=C2)ccc1-n1ncc(C(=O)C2Cc3cc(F)c(NSc4cccc(C#N)n4)cc3N2)c1N. The number of benzene rings is 2. The van der Waals surface area contributed by atoms with E-state index < -0.39 is 11.9 Å². The van der Waals surface area contributed by atoms with E-state index in [1.165, 1.54) is 16.9 Å². The average Bonchev–Trinajstić information content (AvgIpc) is 3.60. The molecule has 0 spiro atoms. The van der Waals surface area contributed by atoms with Gasteiger partial charge in [0.05, 0.1) is 29.2 Å². The van der Waals surface area contributed by atoms with Gasteiger partial charge >= 0.3 is 0 Å². The number of fused-ring (bicyclic) bond motifs is 1. The Morgan fingerprint density at radius 1 is 1.26 bits per heavy atom. The normalized spacial score (nSPS) is 15.5. The number of nitrogens with zero attached hydrogens (tertiary/aromatic N) is 4. The second-order valence-corrected chi connectivity index (χ2v) is 10.9. The number of aryl methyl sites for hydroxylation is 1. The number of carbonyl (C=O) groups excluding carboxylic acids is 1. The highest BCUT2D eigenvalue weighted by atomic mass is 32.2. The maximum absolute atomic E-state index is 14.9. The van der Waals surface area contributed by atoms with Crippen molar-refractivity contribution in [3.05, 3.63) is 107 Å². The van der Waals surface area contributed by atoms with E-state index in [0.29, 0.717) is 40.6 Å². The monoisotopic (exact) mass is 597 g/mol. The van der Waals surface area contributed by atoms with Crippen molar-refractivity contribution in [2.75, 3.05) is 15.8 Å². The number of nitriles is 1. The zero-order chi connectivity index (χ0) is 30.1. The van der Waals surface area contributed by atoms with E-state index in [1.54, 1.807) is 48.5 Å². The zero-order valence-electron chi connectivity index (χ0n) is 22.9. The lowest BCUT2D eigenvalue weighted by Gasteiger charge is -2.14. The number of carbonyl (C=O) groups is 1. The van der Waals surface area contributed by atoms with Gasteiger partial charge in [-0.15, -0.1) is 0 Å². The van der Waals surface area contributed by atoms with E-state index in [4.69, 9.17) is 15.7 Å². The van der Waals surface area contributed by atoms with Gasteiger partial charge in [0.1, 0.15) is 40.0 Å². The maximum atomic E-state index is 14.9. The molecule has 3 heterocycles. The van der Waals surface area contributed by atoms with Crippen molar-refractivity contribution in [1.29, 1.82) is 5.26 Å². The smallest absolute Gasteiger partial charge is 0.190 e. The summed E-state index contributed by atoms with van der Waals surface area (Å²) in [5, 5.41) is 17.1. The molecular formula is C31H25F2N7O2S. The van der Waals surface area contributed by atoms with Gasteiger partial charge in [-0.2, -0.15) is 10.4 Å². The number of rotatable bonds is 8. The minimum absolute atomic E-state index is 0.167. The van der Waals surface area contributed by atoms with E-state index in [-0.39, 0.29) is 46.6 Å². The highest BCUT2D eigenvalue weighted by Crippen LogP contribution is 2.35. The fourth-order valence-corrected chi connectivity index (χ4v) is 5.60. The lowest BCUT2D eigenvalue weighted by molar-refractivity contribution is 0.0972. The molecule has 0 saturated heterocycles. The van der Waals surface area contributed by atoms with Crippen molar-refractivity contribution in [1.82, 2.24) is 14.8 Å². The predicted octanol–water partition coefficient (Wildman–Crippen LogP) is 6.42. The highest BCUT2D eigenvalue weighted by Gasteiger charge is 2.31. The van der Waals surface area contributed by atoms with Crippen molar-refractivity contribution in [2.45, 2.75) is 37.3 Å². The van der Waals surface area contributed by atoms with Crippen LogP contribution in [0.4, 0.5) is 26.0 Å². The Morgan fingerprint density at radius 2 is 2.12 bits per heavy atom. The number of aromatic nitrogens is 3. The minimum atomic E-state index is -0.658. The fourth-order valence-electron chi connectivity index (χ4n) is 4.94. The van der Waals surface area contributed by atoms with Crippen LogP contribution in [0.5, 0.6) is 5.75 Å². The Morgan fingerprint density at radius 3 is 2.91 bits per heavy atom. The second-order valence-electron chi connectivity index (χ2n) is 10.0. The van der Waals surface area contributed by atoms with E-state index in [0.717, 1.165) is 17.5 Å². The van der Waals surface area contributed by atoms with Crippen molar-refractivity contribution in [3.8, 4) is 17.5 Å². The number of pyridine rings is 1. The number of Topliss-reactive ketones (excluding diaryl/α,β-unsaturated/α-hetero) is 1. The van der Waals surface area contributed by atoms with Gasteiger partial charge < -0.3 is 20.5 Å². The summed E-state index contributed by atoms with van der Waals surface area (Å²) in [6, 6.07) is 14.5. The number of hydrogen-bond acceptors (Lipinski definition) is 9. The number of nitrogens with two attached hydrogens (primary N) is 1. The van der Waals surface area contributed by atoms with Crippen LogP contribution in [-0.4, -0.2) is 26.6 Å². The number of halogens is 2. The molecule has 0 fully saturated rings. The van der Waals surface area contributed by atoms with E-state index in [1.807, 2.05) is 19.1 Å². The number of allylic oxidation sites excluding steroid dienone is 3. The molecule has 2 aliphatic rings. The summed E-state index contributed by atoms with van der Waals surface area (Å²) in [6.07, 6.45) is 6.15. The average molecular weight is 598 g/mol. The molecule has 4 N–H and O–H groups in total. The molecule has 9 nitrogen and oxygen atoms in total. The Balaban J connectivity index is 1.15. The first-order chi connectivity index (χ1) is 20.8. The quantitative estimate of drug-likeness (QED) is 0.156.